The average Bonchev–Trinajstić information content (AvgIpc) is 3.00. The number of nitriles is 1. The molecular formula is C16H12N2O4. The number of hydrogen-bond donors (Lipinski definition) is 2. The predicted octanol–water partition coefficient (Wildman–Crippen LogP) is 2.30. The molecule has 1 aromatic heterocycles. The van der Waals surface area contributed by atoms with Crippen molar-refractivity contribution in [1.29, 1.82) is 5.26 Å². The number of carboxylic acids is 1. The van der Waals surface area contributed by atoms with E-state index in [4.69, 9.17) is 9.68 Å². The average molecular weight is 296 g/mol. The van der Waals surface area contributed by atoms with Gasteiger partial charge >= 0.3 is 5.97 Å². The lowest BCUT2D eigenvalue weighted by molar-refractivity contribution is -0.116. The molecule has 0 spiro atoms. The van der Waals surface area contributed by atoms with Gasteiger partial charge in [0.1, 0.15) is 23.2 Å². The monoisotopic (exact) mass is 296 g/mol. The summed E-state index contributed by atoms with van der Waals surface area (Å²) in [5, 5.41) is 20.5. The van der Waals surface area contributed by atoms with Crippen molar-refractivity contribution in [2.75, 3.05) is 7.05 Å². The van der Waals surface area contributed by atoms with E-state index >= 15 is 0 Å². The Labute approximate surface area is 126 Å². The van der Waals surface area contributed by atoms with Crippen LogP contribution in [0.25, 0.3) is 17.4 Å². The van der Waals surface area contributed by atoms with Gasteiger partial charge in [-0.1, -0.05) is 18.2 Å². The molecule has 6 heteroatoms. The van der Waals surface area contributed by atoms with Crippen LogP contribution in [0.4, 0.5) is 0 Å². The topological polar surface area (TPSA) is 103 Å². The molecule has 2 aromatic rings. The Morgan fingerprint density at radius 1 is 1.27 bits per heavy atom. The zero-order valence-electron chi connectivity index (χ0n) is 11.7. The maximum atomic E-state index is 11.4. The molecule has 0 bridgehead atoms. The van der Waals surface area contributed by atoms with Crippen LogP contribution in [0.3, 0.4) is 0 Å². The zero-order chi connectivity index (χ0) is 16.1. The number of nitrogens with zero attached hydrogens (tertiary/aromatic N) is 1. The van der Waals surface area contributed by atoms with Crippen molar-refractivity contribution in [3.63, 3.8) is 0 Å². The molecule has 6 nitrogen and oxygen atoms in total. The normalized spacial score (nSPS) is 10.8. The number of hydrogen-bond acceptors (Lipinski definition) is 4. The summed E-state index contributed by atoms with van der Waals surface area (Å²) in [5.74, 6) is -0.952. The highest BCUT2D eigenvalue weighted by Crippen LogP contribution is 2.26. The molecule has 0 aliphatic carbocycles. The van der Waals surface area contributed by atoms with E-state index in [9.17, 15) is 14.7 Å². The lowest BCUT2D eigenvalue weighted by Crippen LogP contribution is -2.18. The second-order valence-electron chi connectivity index (χ2n) is 4.30. The van der Waals surface area contributed by atoms with Gasteiger partial charge in [0, 0.05) is 18.7 Å². The second-order valence-corrected chi connectivity index (χ2v) is 4.30. The van der Waals surface area contributed by atoms with Gasteiger partial charge in [-0.2, -0.15) is 5.26 Å². The Hall–Kier alpha value is -3.33. The lowest BCUT2D eigenvalue weighted by atomic mass is 10.1. The number of carbonyl (C=O) groups is 2. The number of benzene rings is 1. The van der Waals surface area contributed by atoms with Gasteiger partial charge in [0.2, 0.25) is 0 Å². The van der Waals surface area contributed by atoms with Gasteiger partial charge < -0.3 is 14.8 Å². The number of rotatable bonds is 4. The van der Waals surface area contributed by atoms with Gasteiger partial charge in [0.25, 0.3) is 5.91 Å². The fraction of sp³-hybridized carbons (Fsp3) is 0.0625. The molecule has 0 unspecified atom stereocenters. The molecule has 0 radical (unpaired) electrons. The number of likely N-dealkylation sites (N-methyl/N-ethyl adjacent to an activating group) is 1. The van der Waals surface area contributed by atoms with Crippen LogP contribution in [-0.2, 0) is 4.79 Å². The summed E-state index contributed by atoms with van der Waals surface area (Å²) in [5.41, 5.74) is 0.433. The molecule has 2 rings (SSSR count). The molecular weight excluding hydrogens is 284 g/mol. The molecule has 0 atom stereocenters. The van der Waals surface area contributed by atoms with Crippen molar-refractivity contribution in [2.24, 2.45) is 0 Å². The Bertz CT molecular complexity index is 796. The van der Waals surface area contributed by atoms with E-state index in [0.29, 0.717) is 11.3 Å². The fourth-order valence-electron chi connectivity index (χ4n) is 1.89. The first-order chi connectivity index (χ1) is 10.6. The molecule has 110 valence electrons. The fourth-order valence-corrected chi connectivity index (χ4v) is 1.89. The third-order valence-electron chi connectivity index (χ3n) is 2.93. The number of aromatic carboxylic acids is 1. The van der Waals surface area contributed by atoms with E-state index in [1.165, 1.54) is 19.2 Å². The molecule has 22 heavy (non-hydrogen) atoms. The Balaban J connectivity index is 2.42. The molecule has 1 heterocycles. The highest BCUT2D eigenvalue weighted by molar-refractivity contribution is 6.01. The number of carboxylic acid groups (broad SMARTS) is 1. The highest BCUT2D eigenvalue weighted by Gasteiger charge is 2.14. The van der Waals surface area contributed by atoms with E-state index in [0.717, 1.165) is 0 Å². The third kappa shape index (κ3) is 3.04. The van der Waals surface area contributed by atoms with E-state index in [1.807, 2.05) is 0 Å². The van der Waals surface area contributed by atoms with Gasteiger partial charge in [0.05, 0.1) is 5.56 Å². The third-order valence-corrected chi connectivity index (χ3v) is 2.93. The summed E-state index contributed by atoms with van der Waals surface area (Å²) in [6, 6.07) is 11.3. The summed E-state index contributed by atoms with van der Waals surface area (Å²) in [4.78, 5) is 22.7. The van der Waals surface area contributed by atoms with Crippen molar-refractivity contribution in [1.82, 2.24) is 5.32 Å². The van der Waals surface area contributed by atoms with E-state index in [1.54, 1.807) is 36.4 Å². The van der Waals surface area contributed by atoms with Crippen molar-refractivity contribution in [3.05, 3.63) is 53.3 Å². The van der Waals surface area contributed by atoms with Crippen LogP contribution in [-0.4, -0.2) is 24.0 Å². The Kier molecular flexibility index (Phi) is 4.39. The van der Waals surface area contributed by atoms with Crippen LogP contribution >= 0.6 is 0 Å². The van der Waals surface area contributed by atoms with Crippen molar-refractivity contribution >= 4 is 18.0 Å². The molecule has 2 N–H and O–H groups in total. The molecule has 1 aromatic carbocycles. The van der Waals surface area contributed by atoms with E-state index in [2.05, 4.69) is 5.32 Å². The SMILES string of the molecule is CNC(=O)/C(C#N)=C\c1ccc(-c2ccccc2C(=O)O)o1. The Morgan fingerprint density at radius 3 is 2.64 bits per heavy atom. The van der Waals surface area contributed by atoms with Crippen LogP contribution in [0.5, 0.6) is 0 Å². The van der Waals surface area contributed by atoms with Crippen LogP contribution in [0.1, 0.15) is 16.1 Å². The molecule has 0 fully saturated rings. The summed E-state index contributed by atoms with van der Waals surface area (Å²) < 4.78 is 5.52. The molecule has 0 saturated carbocycles. The minimum Gasteiger partial charge on any atom is -0.478 e. The van der Waals surface area contributed by atoms with Crippen LogP contribution < -0.4 is 5.32 Å². The first-order valence-corrected chi connectivity index (χ1v) is 6.33. The summed E-state index contributed by atoms with van der Waals surface area (Å²) in [6.07, 6.45) is 1.30. The lowest BCUT2D eigenvalue weighted by Gasteiger charge is -2.02. The van der Waals surface area contributed by atoms with Crippen molar-refractivity contribution in [2.45, 2.75) is 0 Å². The van der Waals surface area contributed by atoms with Crippen LogP contribution in [0, 0.1) is 11.3 Å². The number of nitrogens with one attached hydrogen (secondary N) is 1. The smallest absolute Gasteiger partial charge is 0.336 e. The van der Waals surface area contributed by atoms with Crippen LogP contribution in [0.2, 0.25) is 0 Å². The molecule has 0 saturated heterocycles. The summed E-state index contributed by atoms with van der Waals surface area (Å²) >= 11 is 0. The number of carbonyl (C=O) groups excluding carboxylic acids is 1. The quantitative estimate of drug-likeness (QED) is 0.665. The maximum Gasteiger partial charge on any atom is 0.336 e. The second kappa shape index (κ2) is 6.41. The molecule has 1 amide bonds. The van der Waals surface area contributed by atoms with Crippen LogP contribution in [0.15, 0.2) is 46.4 Å². The van der Waals surface area contributed by atoms with E-state index in [-0.39, 0.29) is 16.9 Å². The van der Waals surface area contributed by atoms with Gasteiger partial charge in [0.15, 0.2) is 0 Å². The van der Waals surface area contributed by atoms with Crippen molar-refractivity contribution < 1.29 is 19.1 Å². The summed E-state index contributed by atoms with van der Waals surface area (Å²) in [7, 11) is 1.42. The first kappa shape index (κ1) is 15.1. The van der Waals surface area contributed by atoms with Gasteiger partial charge in [-0.3, -0.25) is 4.79 Å². The molecule has 0 aliphatic rings. The Morgan fingerprint density at radius 2 is 2.00 bits per heavy atom. The van der Waals surface area contributed by atoms with Crippen molar-refractivity contribution in [3.8, 4) is 17.4 Å². The first-order valence-electron chi connectivity index (χ1n) is 6.33. The standard InChI is InChI=1S/C16H12N2O4/c1-18-15(19)10(9-17)8-11-6-7-14(22-11)12-4-2-3-5-13(12)16(20)21/h2-8H,1H3,(H,18,19)(H,20,21)/b10-8-. The summed E-state index contributed by atoms with van der Waals surface area (Å²) in [6.45, 7) is 0. The van der Waals surface area contributed by atoms with Gasteiger partial charge in [-0.15, -0.1) is 0 Å². The largest absolute Gasteiger partial charge is 0.478 e. The van der Waals surface area contributed by atoms with Gasteiger partial charge in [-0.05, 0) is 18.2 Å². The minimum absolute atomic E-state index is 0.102. The van der Waals surface area contributed by atoms with E-state index < -0.39 is 11.9 Å². The molecule has 0 aliphatic heterocycles. The minimum atomic E-state index is -1.06. The number of furan rings is 1. The predicted molar refractivity (Wildman–Crippen MR) is 78.8 cm³/mol. The number of amides is 1. The van der Waals surface area contributed by atoms with Gasteiger partial charge in [-0.25, -0.2) is 4.79 Å². The maximum absolute atomic E-state index is 11.4. The zero-order valence-corrected chi connectivity index (χ0v) is 11.7. The highest BCUT2D eigenvalue weighted by atomic mass is 16.4.